The zero-order chi connectivity index (χ0) is 10.7. The topological polar surface area (TPSA) is 71.0 Å². The molecular formula is C10H13NO4. The molecule has 0 bridgehead atoms. The van der Waals surface area contributed by atoms with Crippen LogP contribution in [0.15, 0.2) is 18.2 Å². The van der Waals surface area contributed by atoms with Crippen molar-refractivity contribution in [1.82, 2.24) is 0 Å². The van der Waals surface area contributed by atoms with Crippen LogP contribution in [0.3, 0.4) is 0 Å². The number of rotatable bonds is 4. The van der Waals surface area contributed by atoms with Crippen LogP contribution in [0, 0.1) is 0 Å². The fraction of sp³-hybridized carbons (Fsp3) is 0.400. The zero-order valence-electron chi connectivity index (χ0n) is 8.14. The van der Waals surface area contributed by atoms with Gasteiger partial charge in [-0.1, -0.05) is 0 Å². The Morgan fingerprint density at radius 2 is 2.13 bits per heavy atom. The third-order valence-electron chi connectivity index (χ3n) is 2.13. The van der Waals surface area contributed by atoms with E-state index in [0.29, 0.717) is 12.3 Å². The molecule has 0 amide bonds. The Hall–Kier alpha value is -1.46. The van der Waals surface area contributed by atoms with Crippen LogP contribution in [0.5, 0.6) is 11.5 Å². The molecule has 82 valence electrons. The molecule has 0 radical (unpaired) electrons. The van der Waals surface area contributed by atoms with E-state index in [1.54, 1.807) is 12.1 Å². The van der Waals surface area contributed by atoms with Crippen LogP contribution in [0.4, 0.5) is 5.69 Å². The van der Waals surface area contributed by atoms with Gasteiger partial charge in [0.05, 0.1) is 12.7 Å². The minimum Gasteiger partial charge on any atom is -0.454 e. The van der Waals surface area contributed by atoms with E-state index in [0.717, 1.165) is 11.4 Å². The molecule has 0 spiro atoms. The molecule has 15 heavy (non-hydrogen) atoms. The van der Waals surface area contributed by atoms with Crippen molar-refractivity contribution in [3.8, 4) is 11.5 Å². The van der Waals surface area contributed by atoms with Gasteiger partial charge in [-0.15, -0.1) is 0 Å². The van der Waals surface area contributed by atoms with Crippen molar-refractivity contribution in [2.75, 3.05) is 25.3 Å². The predicted molar refractivity (Wildman–Crippen MR) is 54.1 cm³/mol. The van der Waals surface area contributed by atoms with Gasteiger partial charge in [0, 0.05) is 18.3 Å². The van der Waals surface area contributed by atoms with Gasteiger partial charge in [-0.3, -0.25) is 0 Å². The van der Waals surface area contributed by atoms with Crippen molar-refractivity contribution in [1.29, 1.82) is 0 Å². The molecular weight excluding hydrogens is 198 g/mol. The van der Waals surface area contributed by atoms with Gasteiger partial charge in [-0.05, 0) is 12.1 Å². The molecule has 1 atom stereocenters. The second-order valence-electron chi connectivity index (χ2n) is 3.29. The number of aliphatic hydroxyl groups is 2. The summed E-state index contributed by atoms with van der Waals surface area (Å²) in [4.78, 5) is 0. The summed E-state index contributed by atoms with van der Waals surface area (Å²) in [5.41, 5.74) is 0.826. The molecule has 2 rings (SSSR count). The van der Waals surface area contributed by atoms with Gasteiger partial charge in [-0.25, -0.2) is 0 Å². The van der Waals surface area contributed by atoms with Crippen molar-refractivity contribution in [3.63, 3.8) is 0 Å². The lowest BCUT2D eigenvalue weighted by Crippen LogP contribution is -2.22. The first-order valence-corrected chi connectivity index (χ1v) is 4.72. The summed E-state index contributed by atoms with van der Waals surface area (Å²) in [6.07, 6.45) is -0.754. The highest BCUT2D eigenvalue weighted by molar-refractivity contribution is 5.55. The van der Waals surface area contributed by atoms with E-state index in [2.05, 4.69) is 5.32 Å². The maximum atomic E-state index is 9.14. The van der Waals surface area contributed by atoms with Gasteiger partial charge in [0.1, 0.15) is 0 Å². The van der Waals surface area contributed by atoms with Crippen molar-refractivity contribution in [2.45, 2.75) is 6.10 Å². The van der Waals surface area contributed by atoms with Gasteiger partial charge in [0.2, 0.25) is 6.79 Å². The second-order valence-corrected chi connectivity index (χ2v) is 3.29. The summed E-state index contributed by atoms with van der Waals surface area (Å²) >= 11 is 0. The van der Waals surface area contributed by atoms with Crippen molar-refractivity contribution in [2.24, 2.45) is 0 Å². The van der Waals surface area contributed by atoms with Crippen LogP contribution in [-0.2, 0) is 0 Å². The first kappa shape index (κ1) is 10.1. The summed E-state index contributed by atoms with van der Waals surface area (Å²) in [6.45, 7) is 0.297. The number of ether oxygens (including phenoxy) is 2. The second kappa shape index (κ2) is 4.37. The van der Waals surface area contributed by atoms with Crippen LogP contribution in [0.2, 0.25) is 0 Å². The Morgan fingerprint density at radius 1 is 1.33 bits per heavy atom. The summed E-state index contributed by atoms with van der Waals surface area (Å²) < 4.78 is 10.4. The maximum Gasteiger partial charge on any atom is 0.231 e. The van der Waals surface area contributed by atoms with Crippen LogP contribution in [0.25, 0.3) is 0 Å². The molecule has 3 N–H and O–H groups in total. The molecule has 1 heterocycles. The highest BCUT2D eigenvalue weighted by Crippen LogP contribution is 2.34. The average Bonchev–Trinajstić information content (AvgIpc) is 2.72. The monoisotopic (exact) mass is 211 g/mol. The molecule has 1 unspecified atom stereocenters. The van der Waals surface area contributed by atoms with Gasteiger partial charge >= 0.3 is 0 Å². The summed E-state index contributed by atoms with van der Waals surface area (Å²) in [7, 11) is 0. The first-order chi connectivity index (χ1) is 7.29. The lowest BCUT2D eigenvalue weighted by Gasteiger charge is -2.10. The van der Waals surface area contributed by atoms with E-state index in [1.807, 2.05) is 6.07 Å². The highest BCUT2D eigenvalue weighted by Gasteiger charge is 2.13. The quantitative estimate of drug-likeness (QED) is 0.662. The van der Waals surface area contributed by atoms with Gasteiger partial charge in [0.15, 0.2) is 11.5 Å². The van der Waals surface area contributed by atoms with Crippen LogP contribution in [0.1, 0.15) is 0 Å². The molecule has 1 aliphatic heterocycles. The number of aliphatic hydroxyl groups excluding tert-OH is 2. The number of anilines is 1. The molecule has 0 aliphatic carbocycles. The number of hydrogen-bond acceptors (Lipinski definition) is 5. The van der Waals surface area contributed by atoms with Crippen molar-refractivity contribution in [3.05, 3.63) is 18.2 Å². The van der Waals surface area contributed by atoms with Crippen LogP contribution >= 0.6 is 0 Å². The van der Waals surface area contributed by atoms with E-state index < -0.39 is 6.10 Å². The Balaban J connectivity index is 1.98. The van der Waals surface area contributed by atoms with Gasteiger partial charge < -0.3 is 25.0 Å². The Labute approximate surface area is 87.3 Å². The highest BCUT2D eigenvalue weighted by atomic mass is 16.7. The maximum absolute atomic E-state index is 9.14. The average molecular weight is 211 g/mol. The summed E-state index contributed by atoms with van der Waals surface area (Å²) in [6, 6.07) is 5.43. The standard InChI is InChI=1S/C10H13NO4/c12-5-8(13)4-11-7-1-2-9-10(3-7)15-6-14-9/h1-3,8,11-13H,4-6H2. The minimum atomic E-state index is -0.754. The van der Waals surface area contributed by atoms with Crippen molar-refractivity contribution < 1.29 is 19.7 Å². The molecule has 5 heteroatoms. The van der Waals surface area contributed by atoms with Crippen LogP contribution in [-0.4, -0.2) is 36.3 Å². The van der Waals surface area contributed by atoms with E-state index in [1.165, 1.54) is 0 Å². The number of benzene rings is 1. The first-order valence-electron chi connectivity index (χ1n) is 4.72. The van der Waals surface area contributed by atoms with E-state index in [9.17, 15) is 0 Å². The minimum absolute atomic E-state index is 0.248. The summed E-state index contributed by atoms with van der Waals surface area (Å²) in [5.74, 6) is 1.42. The van der Waals surface area contributed by atoms with E-state index >= 15 is 0 Å². The Morgan fingerprint density at radius 3 is 2.93 bits per heavy atom. The third kappa shape index (κ3) is 2.31. The van der Waals surface area contributed by atoms with Gasteiger partial charge in [-0.2, -0.15) is 0 Å². The number of hydrogen-bond donors (Lipinski definition) is 3. The molecule has 0 saturated carbocycles. The molecule has 0 aromatic heterocycles. The molecule has 0 fully saturated rings. The normalized spacial score (nSPS) is 15.1. The molecule has 5 nitrogen and oxygen atoms in total. The van der Waals surface area contributed by atoms with Crippen molar-refractivity contribution >= 4 is 5.69 Å². The van der Waals surface area contributed by atoms with E-state index in [4.69, 9.17) is 19.7 Å². The Bertz CT molecular complexity index is 342. The summed E-state index contributed by atoms with van der Waals surface area (Å²) in [5, 5.41) is 20.8. The van der Waals surface area contributed by atoms with Gasteiger partial charge in [0.25, 0.3) is 0 Å². The fourth-order valence-corrected chi connectivity index (χ4v) is 1.31. The smallest absolute Gasteiger partial charge is 0.231 e. The fourth-order valence-electron chi connectivity index (χ4n) is 1.31. The third-order valence-corrected chi connectivity index (χ3v) is 2.13. The van der Waals surface area contributed by atoms with Crippen LogP contribution < -0.4 is 14.8 Å². The Kier molecular flexibility index (Phi) is 2.94. The number of fused-ring (bicyclic) bond motifs is 1. The lowest BCUT2D eigenvalue weighted by atomic mass is 10.2. The zero-order valence-corrected chi connectivity index (χ0v) is 8.14. The predicted octanol–water partition coefficient (Wildman–Crippen LogP) is 0.180. The lowest BCUT2D eigenvalue weighted by molar-refractivity contribution is 0.105. The number of nitrogens with one attached hydrogen (secondary N) is 1. The molecule has 1 aromatic carbocycles. The molecule has 0 saturated heterocycles. The molecule has 1 aromatic rings. The van der Waals surface area contributed by atoms with E-state index in [-0.39, 0.29) is 13.4 Å². The SMILES string of the molecule is OCC(O)CNc1ccc2c(c1)OCO2. The molecule has 1 aliphatic rings. The largest absolute Gasteiger partial charge is 0.454 e.